The Morgan fingerprint density at radius 2 is 1.75 bits per heavy atom. The lowest BCUT2D eigenvalue weighted by atomic mass is 10.2. The normalized spacial score (nSPS) is 9.95. The second-order valence-corrected chi connectivity index (χ2v) is 4.13. The van der Waals surface area contributed by atoms with Crippen molar-refractivity contribution in [3.63, 3.8) is 0 Å². The number of benzene rings is 1. The van der Waals surface area contributed by atoms with Gasteiger partial charge in [0, 0.05) is 30.6 Å². The number of aromatic nitrogens is 1. The molecule has 0 unspecified atom stereocenters. The monoisotopic (exact) mass is 274 g/mol. The smallest absolute Gasteiger partial charge is 0.212 e. The molecule has 2 rings (SSSR count). The number of ether oxygens (including phenoxy) is 3. The largest absolute Gasteiger partial charge is 0.493 e. The fourth-order valence-electron chi connectivity index (χ4n) is 1.79. The summed E-state index contributed by atoms with van der Waals surface area (Å²) >= 11 is 0. The van der Waals surface area contributed by atoms with Crippen molar-refractivity contribution < 1.29 is 14.2 Å². The van der Waals surface area contributed by atoms with Crippen LogP contribution >= 0.6 is 0 Å². The van der Waals surface area contributed by atoms with E-state index in [0.29, 0.717) is 23.9 Å². The first-order chi connectivity index (χ1) is 9.76. The average Bonchev–Trinajstić information content (AvgIpc) is 2.53. The molecule has 0 aliphatic carbocycles. The highest BCUT2D eigenvalue weighted by Gasteiger charge is 2.04. The molecule has 0 saturated heterocycles. The molecule has 0 aliphatic rings. The third-order valence-electron chi connectivity index (χ3n) is 2.89. The van der Waals surface area contributed by atoms with Gasteiger partial charge in [-0.1, -0.05) is 6.07 Å². The summed E-state index contributed by atoms with van der Waals surface area (Å²) in [4.78, 5) is 4.16. The quantitative estimate of drug-likeness (QED) is 0.877. The Morgan fingerprint density at radius 3 is 2.35 bits per heavy atom. The molecule has 1 aromatic carbocycles. The van der Waals surface area contributed by atoms with E-state index < -0.39 is 0 Å². The summed E-state index contributed by atoms with van der Waals surface area (Å²) in [5, 5.41) is 3.31. The van der Waals surface area contributed by atoms with Crippen molar-refractivity contribution in [3.8, 4) is 17.4 Å². The van der Waals surface area contributed by atoms with Crippen molar-refractivity contribution in [2.24, 2.45) is 0 Å². The average molecular weight is 274 g/mol. The van der Waals surface area contributed by atoms with Crippen LogP contribution in [-0.4, -0.2) is 26.3 Å². The minimum absolute atomic E-state index is 0.611. The maximum Gasteiger partial charge on any atom is 0.212 e. The summed E-state index contributed by atoms with van der Waals surface area (Å²) in [5.41, 5.74) is 2.03. The molecule has 1 heterocycles. The van der Waals surface area contributed by atoms with Gasteiger partial charge < -0.3 is 19.5 Å². The Balaban J connectivity index is 2.02. The summed E-state index contributed by atoms with van der Waals surface area (Å²) in [6, 6.07) is 9.52. The predicted molar refractivity (Wildman–Crippen MR) is 77.7 cm³/mol. The molecule has 1 aromatic heterocycles. The van der Waals surface area contributed by atoms with Gasteiger partial charge in [0.25, 0.3) is 0 Å². The molecule has 0 radical (unpaired) electrons. The van der Waals surface area contributed by atoms with Crippen LogP contribution in [-0.2, 0) is 6.54 Å². The fraction of sp³-hybridized carbons (Fsp3) is 0.267. The van der Waals surface area contributed by atoms with Crippen molar-refractivity contribution in [2.75, 3.05) is 26.6 Å². The molecule has 0 spiro atoms. The van der Waals surface area contributed by atoms with E-state index in [1.807, 2.05) is 30.3 Å². The Morgan fingerprint density at radius 1 is 0.950 bits per heavy atom. The van der Waals surface area contributed by atoms with Crippen LogP contribution in [0.5, 0.6) is 17.4 Å². The zero-order valence-electron chi connectivity index (χ0n) is 11.8. The zero-order valence-corrected chi connectivity index (χ0v) is 11.8. The minimum Gasteiger partial charge on any atom is -0.493 e. The Hall–Kier alpha value is -2.43. The van der Waals surface area contributed by atoms with Gasteiger partial charge >= 0.3 is 0 Å². The number of nitrogens with one attached hydrogen (secondary N) is 1. The number of pyridine rings is 1. The number of rotatable bonds is 6. The molecule has 20 heavy (non-hydrogen) atoms. The van der Waals surface area contributed by atoms with Crippen LogP contribution in [0.1, 0.15) is 5.56 Å². The molecule has 0 fully saturated rings. The molecular formula is C15H18N2O3. The lowest BCUT2D eigenvalue weighted by Crippen LogP contribution is -2.01. The van der Waals surface area contributed by atoms with E-state index >= 15 is 0 Å². The summed E-state index contributed by atoms with van der Waals surface area (Å²) < 4.78 is 15.5. The Kier molecular flexibility index (Phi) is 4.65. The van der Waals surface area contributed by atoms with Crippen molar-refractivity contribution >= 4 is 5.69 Å². The highest BCUT2D eigenvalue weighted by molar-refractivity contribution is 5.54. The first kappa shape index (κ1) is 14.0. The highest BCUT2D eigenvalue weighted by Crippen LogP contribution is 2.29. The van der Waals surface area contributed by atoms with Crippen LogP contribution in [0.4, 0.5) is 5.69 Å². The van der Waals surface area contributed by atoms with E-state index in [1.165, 1.54) is 0 Å². The van der Waals surface area contributed by atoms with E-state index in [4.69, 9.17) is 14.2 Å². The third-order valence-corrected chi connectivity index (χ3v) is 2.89. The summed E-state index contributed by atoms with van der Waals surface area (Å²) in [6.45, 7) is 0.673. The maximum atomic E-state index is 5.27. The minimum atomic E-state index is 0.611. The van der Waals surface area contributed by atoms with Crippen LogP contribution < -0.4 is 19.5 Å². The predicted octanol–water partition coefficient (Wildman–Crippen LogP) is 2.72. The second-order valence-electron chi connectivity index (χ2n) is 4.13. The first-order valence-electron chi connectivity index (χ1n) is 6.21. The summed E-state index contributed by atoms with van der Waals surface area (Å²) in [5.74, 6) is 2.02. The van der Waals surface area contributed by atoms with E-state index in [1.54, 1.807) is 27.5 Å². The van der Waals surface area contributed by atoms with Gasteiger partial charge in [-0.05, 0) is 17.7 Å². The van der Waals surface area contributed by atoms with E-state index in [-0.39, 0.29) is 0 Å². The van der Waals surface area contributed by atoms with E-state index in [2.05, 4.69) is 10.3 Å². The third kappa shape index (κ3) is 3.32. The number of hydrogen-bond acceptors (Lipinski definition) is 5. The molecule has 0 bridgehead atoms. The molecule has 0 atom stereocenters. The topological polar surface area (TPSA) is 52.6 Å². The van der Waals surface area contributed by atoms with Crippen LogP contribution in [0.15, 0.2) is 36.5 Å². The van der Waals surface area contributed by atoms with Crippen molar-refractivity contribution in [1.29, 1.82) is 0 Å². The summed E-state index contributed by atoms with van der Waals surface area (Å²) in [7, 11) is 4.84. The maximum absolute atomic E-state index is 5.27. The van der Waals surface area contributed by atoms with Crippen molar-refractivity contribution in [2.45, 2.75) is 6.54 Å². The molecule has 5 heteroatoms. The van der Waals surface area contributed by atoms with E-state index in [9.17, 15) is 0 Å². The Labute approximate surface area is 118 Å². The van der Waals surface area contributed by atoms with Gasteiger partial charge in [0.15, 0.2) is 11.5 Å². The number of nitrogens with zero attached hydrogens (tertiary/aromatic N) is 1. The van der Waals surface area contributed by atoms with Crippen molar-refractivity contribution in [1.82, 2.24) is 4.98 Å². The van der Waals surface area contributed by atoms with Crippen LogP contribution in [0.3, 0.4) is 0 Å². The van der Waals surface area contributed by atoms with Gasteiger partial charge in [0.05, 0.1) is 21.3 Å². The fourth-order valence-corrected chi connectivity index (χ4v) is 1.79. The number of hydrogen-bond donors (Lipinski definition) is 1. The zero-order chi connectivity index (χ0) is 14.4. The number of methoxy groups -OCH3 is 3. The lowest BCUT2D eigenvalue weighted by Gasteiger charge is -2.11. The molecule has 1 N–H and O–H groups in total. The van der Waals surface area contributed by atoms with Gasteiger partial charge in [-0.3, -0.25) is 0 Å². The summed E-state index contributed by atoms with van der Waals surface area (Å²) in [6.07, 6.45) is 1.78. The van der Waals surface area contributed by atoms with Crippen LogP contribution in [0.2, 0.25) is 0 Å². The molecule has 0 amide bonds. The van der Waals surface area contributed by atoms with E-state index in [0.717, 1.165) is 11.3 Å². The molecule has 5 nitrogen and oxygen atoms in total. The molecule has 106 valence electrons. The van der Waals surface area contributed by atoms with Crippen LogP contribution in [0.25, 0.3) is 0 Å². The SMILES string of the molecule is COc1ccc(CNc2ccc(OC)c(OC)c2)cn1. The molecule has 0 saturated carbocycles. The van der Waals surface area contributed by atoms with Gasteiger partial charge in [-0.25, -0.2) is 4.98 Å². The van der Waals surface area contributed by atoms with Gasteiger partial charge in [0.2, 0.25) is 5.88 Å². The van der Waals surface area contributed by atoms with Crippen molar-refractivity contribution in [3.05, 3.63) is 42.1 Å². The Bertz CT molecular complexity index is 556. The number of anilines is 1. The highest BCUT2D eigenvalue weighted by atomic mass is 16.5. The van der Waals surface area contributed by atoms with Crippen LogP contribution in [0, 0.1) is 0 Å². The molecule has 2 aromatic rings. The lowest BCUT2D eigenvalue weighted by molar-refractivity contribution is 0.355. The van der Waals surface area contributed by atoms with Gasteiger partial charge in [-0.15, -0.1) is 0 Å². The van der Waals surface area contributed by atoms with Gasteiger partial charge in [0.1, 0.15) is 0 Å². The van der Waals surface area contributed by atoms with Gasteiger partial charge in [-0.2, -0.15) is 0 Å². The standard InChI is InChI=1S/C15H18N2O3/c1-18-13-6-5-12(8-14(13)19-2)16-9-11-4-7-15(20-3)17-10-11/h4-8,10,16H,9H2,1-3H3. The molecule has 0 aliphatic heterocycles. The molecular weight excluding hydrogens is 256 g/mol. The second kappa shape index (κ2) is 6.65. The first-order valence-corrected chi connectivity index (χ1v) is 6.21.